The van der Waals surface area contributed by atoms with Crippen LogP contribution in [0.25, 0.3) is 0 Å². The molecule has 0 saturated heterocycles. The fraction of sp³-hybridized carbons (Fsp3) is 0.250. The first-order valence-corrected chi connectivity index (χ1v) is 4.32. The van der Waals surface area contributed by atoms with Crippen LogP contribution in [0.3, 0.4) is 0 Å². The Bertz CT molecular complexity index is 342. The zero-order chi connectivity index (χ0) is 9.90. The summed E-state index contributed by atoms with van der Waals surface area (Å²) in [5.74, 6) is 4.76. The lowest BCUT2D eigenvalue weighted by molar-refractivity contribution is -0.137. The minimum Gasteiger partial charge on any atom is -0.320 e. The minimum absolute atomic E-state index is 0.00273. The average Bonchev–Trinajstić information content (AvgIpc) is 2.47. The van der Waals surface area contributed by atoms with Gasteiger partial charge in [0.25, 0.3) is 0 Å². The van der Waals surface area contributed by atoms with Crippen LogP contribution in [0.5, 0.6) is 0 Å². The van der Waals surface area contributed by atoms with Crippen LogP contribution in [0.15, 0.2) is 10.8 Å². The number of nitrogens with two attached hydrogens (primary N) is 1. The van der Waals surface area contributed by atoms with E-state index in [-0.39, 0.29) is 12.1 Å². The molecule has 0 saturated carbocycles. The molecule has 2 N–H and O–H groups in total. The fourth-order valence-corrected chi connectivity index (χ4v) is 1.55. The number of alkyl halides is 3. The van der Waals surface area contributed by atoms with Gasteiger partial charge in [0, 0.05) is 16.3 Å². The van der Waals surface area contributed by atoms with Crippen molar-refractivity contribution < 1.29 is 13.2 Å². The van der Waals surface area contributed by atoms with Gasteiger partial charge < -0.3 is 5.73 Å². The molecule has 1 nitrogen and oxygen atoms in total. The number of rotatable bonds is 0. The number of hydrogen-bond acceptors (Lipinski definition) is 2. The first-order chi connectivity index (χ1) is 6.05. The Hall–Kier alpha value is -0.990. The Balaban J connectivity index is 3.03. The Morgan fingerprint density at radius 3 is 2.62 bits per heavy atom. The van der Waals surface area contributed by atoms with Gasteiger partial charge in [-0.25, -0.2) is 0 Å². The molecule has 70 valence electrons. The zero-order valence-corrected chi connectivity index (χ0v) is 7.30. The highest BCUT2D eigenvalue weighted by Gasteiger charge is 2.33. The summed E-state index contributed by atoms with van der Waals surface area (Å²) in [5, 5.41) is 2.41. The maximum atomic E-state index is 12.2. The van der Waals surface area contributed by atoms with Crippen LogP contribution in [-0.2, 0) is 6.18 Å². The predicted octanol–water partition coefficient (Wildman–Crippen LogP) is 2.08. The average molecular weight is 205 g/mol. The summed E-state index contributed by atoms with van der Waals surface area (Å²) in [6.45, 7) is 0.0626. The van der Waals surface area contributed by atoms with E-state index >= 15 is 0 Å². The second-order valence-corrected chi connectivity index (χ2v) is 2.95. The lowest BCUT2D eigenvalue weighted by atomic mass is 10.2. The molecular formula is C8H6F3NS. The Morgan fingerprint density at radius 2 is 2.08 bits per heavy atom. The molecule has 0 aliphatic carbocycles. The van der Waals surface area contributed by atoms with Crippen molar-refractivity contribution in [1.82, 2.24) is 0 Å². The van der Waals surface area contributed by atoms with Crippen LogP contribution < -0.4 is 5.73 Å². The van der Waals surface area contributed by atoms with Crippen LogP contribution in [0, 0.1) is 11.8 Å². The second-order valence-electron chi connectivity index (χ2n) is 2.20. The molecule has 1 aromatic rings. The van der Waals surface area contributed by atoms with Gasteiger partial charge in [0.2, 0.25) is 0 Å². The van der Waals surface area contributed by atoms with Gasteiger partial charge in [-0.15, -0.1) is 0 Å². The van der Waals surface area contributed by atoms with E-state index in [1.807, 2.05) is 0 Å². The van der Waals surface area contributed by atoms with E-state index in [1.165, 1.54) is 5.38 Å². The Kier molecular flexibility index (Phi) is 2.96. The van der Waals surface area contributed by atoms with Gasteiger partial charge in [0.15, 0.2) is 0 Å². The maximum Gasteiger partial charge on any atom is 0.418 e. The minimum atomic E-state index is -4.32. The second kappa shape index (κ2) is 3.81. The van der Waals surface area contributed by atoms with Gasteiger partial charge in [0.1, 0.15) is 0 Å². The van der Waals surface area contributed by atoms with Gasteiger partial charge in [0.05, 0.1) is 12.1 Å². The summed E-state index contributed by atoms with van der Waals surface area (Å²) >= 11 is 0.980. The van der Waals surface area contributed by atoms with E-state index in [0.29, 0.717) is 0 Å². The molecule has 1 aromatic heterocycles. The first kappa shape index (κ1) is 10.1. The van der Waals surface area contributed by atoms with Crippen LogP contribution in [0.4, 0.5) is 13.2 Å². The number of hydrogen-bond donors (Lipinski definition) is 1. The summed E-state index contributed by atoms with van der Waals surface area (Å²) in [4.78, 5) is 0. The molecule has 0 aromatic carbocycles. The van der Waals surface area contributed by atoms with E-state index < -0.39 is 11.7 Å². The Labute approximate surface area is 77.4 Å². The molecule has 0 fully saturated rings. The van der Waals surface area contributed by atoms with Crippen LogP contribution in [-0.4, -0.2) is 6.54 Å². The summed E-state index contributed by atoms with van der Waals surface area (Å²) < 4.78 is 36.6. The molecule has 5 heteroatoms. The van der Waals surface area contributed by atoms with Crippen molar-refractivity contribution >= 4 is 11.3 Å². The largest absolute Gasteiger partial charge is 0.418 e. The highest BCUT2D eigenvalue weighted by Crippen LogP contribution is 2.33. The van der Waals surface area contributed by atoms with Gasteiger partial charge in [-0.05, 0) is 0 Å². The summed E-state index contributed by atoms with van der Waals surface area (Å²) in [5.41, 5.74) is 4.37. The molecule has 0 spiro atoms. The molecular weight excluding hydrogens is 199 g/mol. The molecule has 1 rings (SSSR count). The maximum absolute atomic E-state index is 12.2. The van der Waals surface area contributed by atoms with Crippen molar-refractivity contribution in [3.63, 3.8) is 0 Å². The Morgan fingerprint density at radius 1 is 1.38 bits per heavy atom. The standard InChI is InChI=1S/C8H6F3NS/c9-8(10,11)7-5-13-4-6(7)2-1-3-12/h4-5H,3,12H2. The third-order valence-corrected chi connectivity index (χ3v) is 2.04. The molecule has 0 aliphatic heterocycles. The van der Waals surface area contributed by atoms with Crippen molar-refractivity contribution in [3.05, 3.63) is 21.9 Å². The molecule has 13 heavy (non-hydrogen) atoms. The van der Waals surface area contributed by atoms with Crippen molar-refractivity contribution in [3.8, 4) is 11.8 Å². The highest BCUT2D eigenvalue weighted by atomic mass is 32.1. The van der Waals surface area contributed by atoms with Gasteiger partial charge >= 0.3 is 6.18 Å². The topological polar surface area (TPSA) is 26.0 Å². The monoisotopic (exact) mass is 205 g/mol. The van der Waals surface area contributed by atoms with Crippen molar-refractivity contribution in [2.75, 3.05) is 6.54 Å². The van der Waals surface area contributed by atoms with Gasteiger partial charge in [-0.1, -0.05) is 11.8 Å². The van der Waals surface area contributed by atoms with Crippen molar-refractivity contribution in [2.24, 2.45) is 5.73 Å². The van der Waals surface area contributed by atoms with Crippen molar-refractivity contribution in [2.45, 2.75) is 6.18 Å². The fourth-order valence-electron chi connectivity index (χ4n) is 0.760. The van der Waals surface area contributed by atoms with E-state index in [9.17, 15) is 13.2 Å². The molecule has 0 bridgehead atoms. The highest BCUT2D eigenvalue weighted by molar-refractivity contribution is 7.08. The quantitative estimate of drug-likeness (QED) is 0.645. The normalized spacial score (nSPS) is 10.8. The molecule has 0 aliphatic rings. The van der Waals surface area contributed by atoms with Crippen LogP contribution >= 0.6 is 11.3 Å². The predicted molar refractivity (Wildman–Crippen MR) is 45.3 cm³/mol. The van der Waals surface area contributed by atoms with Gasteiger partial charge in [-0.2, -0.15) is 24.5 Å². The molecule has 1 heterocycles. The van der Waals surface area contributed by atoms with Crippen molar-refractivity contribution in [1.29, 1.82) is 0 Å². The van der Waals surface area contributed by atoms with E-state index in [1.54, 1.807) is 0 Å². The summed E-state index contributed by atoms with van der Waals surface area (Å²) in [6.07, 6.45) is -4.32. The third kappa shape index (κ3) is 2.47. The molecule has 0 unspecified atom stereocenters. The third-order valence-electron chi connectivity index (χ3n) is 1.29. The van der Waals surface area contributed by atoms with E-state index in [0.717, 1.165) is 16.7 Å². The molecule has 0 radical (unpaired) electrons. The van der Waals surface area contributed by atoms with E-state index in [4.69, 9.17) is 5.73 Å². The molecule has 0 amide bonds. The zero-order valence-electron chi connectivity index (χ0n) is 6.48. The first-order valence-electron chi connectivity index (χ1n) is 3.38. The smallest absolute Gasteiger partial charge is 0.320 e. The SMILES string of the molecule is NCC#Cc1cscc1C(F)(F)F. The summed E-state index contributed by atoms with van der Waals surface area (Å²) in [7, 11) is 0. The van der Waals surface area contributed by atoms with E-state index in [2.05, 4.69) is 11.8 Å². The van der Waals surface area contributed by atoms with Crippen LogP contribution in [0.2, 0.25) is 0 Å². The summed E-state index contributed by atoms with van der Waals surface area (Å²) in [6, 6.07) is 0. The lowest BCUT2D eigenvalue weighted by Crippen LogP contribution is -2.05. The lowest BCUT2D eigenvalue weighted by Gasteiger charge is -2.03. The van der Waals surface area contributed by atoms with Crippen LogP contribution in [0.1, 0.15) is 11.1 Å². The number of thiophene rings is 1. The molecule has 0 atom stereocenters. The van der Waals surface area contributed by atoms with Gasteiger partial charge in [-0.3, -0.25) is 0 Å². The number of halogens is 3.